The highest BCUT2D eigenvalue weighted by atomic mass is 15.1. The number of rotatable bonds is 12. The van der Waals surface area contributed by atoms with Crippen LogP contribution in [0, 0.1) is 0 Å². The molecule has 0 spiro atoms. The van der Waals surface area contributed by atoms with Crippen molar-refractivity contribution < 1.29 is 0 Å². The van der Waals surface area contributed by atoms with E-state index in [2.05, 4.69) is 18.7 Å². The SMILES string of the molecule is CCCCCN(CCCC)CCCCCN. The Morgan fingerprint density at radius 2 is 1.25 bits per heavy atom. The molecule has 0 unspecified atom stereocenters. The summed E-state index contributed by atoms with van der Waals surface area (Å²) in [6.45, 7) is 9.28. The lowest BCUT2D eigenvalue weighted by molar-refractivity contribution is 0.258. The standard InChI is InChI=1S/C14H32N2/c1-3-5-9-13-16(12-6-4-2)14-10-7-8-11-15/h3-15H2,1-2H3. The molecule has 0 radical (unpaired) electrons. The molecular weight excluding hydrogens is 196 g/mol. The minimum absolute atomic E-state index is 0.852. The van der Waals surface area contributed by atoms with E-state index < -0.39 is 0 Å². The Bertz CT molecular complexity index is 126. The molecule has 0 aliphatic rings. The summed E-state index contributed by atoms with van der Waals surface area (Å²) in [4.78, 5) is 2.65. The van der Waals surface area contributed by atoms with E-state index in [9.17, 15) is 0 Å². The third-order valence-electron chi connectivity index (χ3n) is 3.08. The van der Waals surface area contributed by atoms with Gasteiger partial charge in [0.05, 0.1) is 0 Å². The number of hydrogen-bond acceptors (Lipinski definition) is 2. The zero-order chi connectivity index (χ0) is 12.1. The van der Waals surface area contributed by atoms with Crippen LogP contribution in [0.4, 0.5) is 0 Å². The molecule has 2 nitrogen and oxygen atoms in total. The fourth-order valence-electron chi connectivity index (χ4n) is 1.96. The quantitative estimate of drug-likeness (QED) is 0.519. The average molecular weight is 228 g/mol. The molecule has 0 aliphatic heterocycles. The van der Waals surface area contributed by atoms with Crippen LogP contribution in [0.3, 0.4) is 0 Å². The van der Waals surface area contributed by atoms with Crippen molar-refractivity contribution in [1.29, 1.82) is 0 Å². The van der Waals surface area contributed by atoms with Gasteiger partial charge in [0.1, 0.15) is 0 Å². The van der Waals surface area contributed by atoms with Gasteiger partial charge >= 0.3 is 0 Å². The molecule has 0 atom stereocenters. The van der Waals surface area contributed by atoms with Gasteiger partial charge < -0.3 is 10.6 Å². The Hall–Kier alpha value is -0.0800. The Kier molecular flexibility index (Phi) is 12.9. The van der Waals surface area contributed by atoms with Crippen molar-refractivity contribution in [2.24, 2.45) is 5.73 Å². The third-order valence-corrected chi connectivity index (χ3v) is 3.08. The number of nitrogens with zero attached hydrogens (tertiary/aromatic N) is 1. The zero-order valence-electron chi connectivity index (χ0n) is 11.5. The van der Waals surface area contributed by atoms with E-state index in [1.165, 1.54) is 71.0 Å². The predicted molar refractivity (Wildman–Crippen MR) is 73.8 cm³/mol. The Balaban J connectivity index is 3.54. The highest BCUT2D eigenvalue weighted by Gasteiger charge is 2.03. The van der Waals surface area contributed by atoms with Gasteiger partial charge in [-0.1, -0.05) is 39.5 Å². The van der Waals surface area contributed by atoms with Gasteiger partial charge in [0.15, 0.2) is 0 Å². The maximum Gasteiger partial charge on any atom is -0.00187 e. The molecule has 0 fully saturated rings. The van der Waals surface area contributed by atoms with Crippen molar-refractivity contribution in [3.05, 3.63) is 0 Å². The first kappa shape index (κ1) is 15.9. The molecule has 2 heteroatoms. The summed E-state index contributed by atoms with van der Waals surface area (Å²) in [5.41, 5.74) is 5.51. The van der Waals surface area contributed by atoms with Gasteiger partial charge in [0.25, 0.3) is 0 Å². The van der Waals surface area contributed by atoms with Crippen molar-refractivity contribution in [2.75, 3.05) is 26.2 Å². The first-order chi connectivity index (χ1) is 7.85. The fraction of sp³-hybridized carbons (Fsp3) is 1.00. The lowest BCUT2D eigenvalue weighted by Gasteiger charge is -2.21. The maximum atomic E-state index is 5.51. The molecule has 0 amide bonds. The molecule has 0 aliphatic carbocycles. The summed E-state index contributed by atoms with van der Waals surface area (Å²) >= 11 is 0. The van der Waals surface area contributed by atoms with Crippen LogP contribution < -0.4 is 5.73 Å². The summed E-state index contributed by atoms with van der Waals surface area (Å²) in [6, 6.07) is 0. The third kappa shape index (κ3) is 10.4. The number of unbranched alkanes of at least 4 members (excludes halogenated alkanes) is 5. The molecule has 0 heterocycles. The number of nitrogens with two attached hydrogens (primary N) is 1. The van der Waals surface area contributed by atoms with Crippen molar-refractivity contribution >= 4 is 0 Å². The maximum absolute atomic E-state index is 5.51. The first-order valence-corrected chi connectivity index (χ1v) is 7.27. The lowest BCUT2D eigenvalue weighted by atomic mass is 10.2. The van der Waals surface area contributed by atoms with E-state index in [1.54, 1.807) is 0 Å². The topological polar surface area (TPSA) is 29.3 Å². The van der Waals surface area contributed by atoms with Crippen LogP contribution in [0.5, 0.6) is 0 Å². The largest absolute Gasteiger partial charge is 0.330 e. The average Bonchev–Trinajstić information content (AvgIpc) is 2.31. The van der Waals surface area contributed by atoms with Crippen LogP contribution in [0.2, 0.25) is 0 Å². The Morgan fingerprint density at radius 1 is 0.688 bits per heavy atom. The molecule has 2 N–H and O–H groups in total. The minimum Gasteiger partial charge on any atom is -0.330 e. The van der Waals surface area contributed by atoms with Crippen molar-refractivity contribution in [1.82, 2.24) is 4.90 Å². The minimum atomic E-state index is 0.852. The van der Waals surface area contributed by atoms with Crippen LogP contribution >= 0.6 is 0 Å². The molecular formula is C14H32N2. The van der Waals surface area contributed by atoms with Gasteiger partial charge in [-0.05, 0) is 51.9 Å². The van der Waals surface area contributed by atoms with Gasteiger partial charge in [0, 0.05) is 0 Å². The van der Waals surface area contributed by atoms with Gasteiger partial charge in [-0.15, -0.1) is 0 Å². The molecule has 0 saturated heterocycles. The van der Waals surface area contributed by atoms with Crippen molar-refractivity contribution in [3.63, 3.8) is 0 Å². The normalized spacial score (nSPS) is 11.2. The Morgan fingerprint density at radius 3 is 1.81 bits per heavy atom. The summed E-state index contributed by atoms with van der Waals surface area (Å²) in [6.07, 6.45) is 10.6. The van der Waals surface area contributed by atoms with Gasteiger partial charge in [0.2, 0.25) is 0 Å². The first-order valence-electron chi connectivity index (χ1n) is 7.27. The highest BCUT2D eigenvalue weighted by Crippen LogP contribution is 2.04. The fourth-order valence-corrected chi connectivity index (χ4v) is 1.96. The molecule has 0 bridgehead atoms. The van der Waals surface area contributed by atoms with E-state index >= 15 is 0 Å². The van der Waals surface area contributed by atoms with Crippen LogP contribution in [0.25, 0.3) is 0 Å². The van der Waals surface area contributed by atoms with E-state index in [4.69, 9.17) is 5.73 Å². The predicted octanol–water partition coefficient (Wildman–Crippen LogP) is 3.41. The van der Waals surface area contributed by atoms with Crippen molar-refractivity contribution in [2.45, 2.75) is 65.2 Å². The highest BCUT2D eigenvalue weighted by molar-refractivity contribution is 4.58. The summed E-state index contributed by atoms with van der Waals surface area (Å²) in [5.74, 6) is 0. The molecule has 0 rings (SSSR count). The smallest absolute Gasteiger partial charge is 0.00187 e. The van der Waals surface area contributed by atoms with Crippen molar-refractivity contribution in [3.8, 4) is 0 Å². The second-order valence-electron chi connectivity index (χ2n) is 4.75. The Labute approximate surface area is 103 Å². The molecule has 0 aromatic heterocycles. The van der Waals surface area contributed by atoms with E-state index in [0.29, 0.717) is 0 Å². The number of hydrogen-bond donors (Lipinski definition) is 1. The second kappa shape index (κ2) is 13.0. The molecule has 0 aromatic carbocycles. The zero-order valence-corrected chi connectivity index (χ0v) is 11.5. The summed E-state index contributed by atoms with van der Waals surface area (Å²) < 4.78 is 0. The lowest BCUT2D eigenvalue weighted by Crippen LogP contribution is -2.27. The van der Waals surface area contributed by atoms with Crippen LogP contribution in [0.15, 0.2) is 0 Å². The molecule has 16 heavy (non-hydrogen) atoms. The summed E-state index contributed by atoms with van der Waals surface area (Å²) in [7, 11) is 0. The second-order valence-corrected chi connectivity index (χ2v) is 4.75. The van der Waals surface area contributed by atoms with E-state index in [1.807, 2.05) is 0 Å². The van der Waals surface area contributed by atoms with Gasteiger partial charge in [-0.3, -0.25) is 0 Å². The molecule has 0 saturated carbocycles. The summed E-state index contributed by atoms with van der Waals surface area (Å²) in [5, 5.41) is 0. The van der Waals surface area contributed by atoms with Gasteiger partial charge in [-0.2, -0.15) is 0 Å². The molecule has 98 valence electrons. The van der Waals surface area contributed by atoms with E-state index in [-0.39, 0.29) is 0 Å². The van der Waals surface area contributed by atoms with E-state index in [0.717, 1.165) is 6.54 Å². The van der Waals surface area contributed by atoms with Crippen LogP contribution in [-0.4, -0.2) is 31.1 Å². The monoisotopic (exact) mass is 228 g/mol. The van der Waals surface area contributed by atoms with Crippen LogP contribution in [0.1, 0.15) is 65.2 Å². The molecule has 0 aromatic rings. The van der Waals surface area contributed by atoms with Gasteiger partial charge in [-0.25, -0.2) is 0 Å². The van der Waals surface area contributed by atoms with Crippen LogP contribution in [-0.2, 0) is 0 Å².